The van der Waals surface area contributed by atoms with Gasteiger partial charge in [-0.2, -0.15) is 0 Å². The van der Waals surface area contributed by atoms with Crippen LogP contribution >= 0.6 is 11.8 Å². The molecule has 0 atom stereocenters. The minimum atomic E-state index is -1.26. The number of carboxylic acids is 2. The zero-order valence-corrected chi connectivity index (χ0v) is 16.9. The van der Waals surface area contributed by atoms with Crippen molar-refractivity contribution in [1.82, 2.24) is 5.32 Å². The summed E-state index contributed by atoms with van der Waals surface area (Å²) in [5.74, 6) is -2.18. The molecule has 3 rings (SSSR count). The number of hydrogen-bond acceptors (Lipinski definition) is 4. The van der Waals surface area contributed by atoms with E-state index in [2.05, 4.69) is 36.5 Å². The van der Waals surface area contributed by atoms with E-state index < -0.39 is 11.9 Å². The summed E-state index contributed by atoms with van der Waals surface area (Å²) in [5, 5.41) is 19.0. The minimum Gasteiger partial charge on any atom is -0.478 e. The molecule has 3 N–H and O–H groups in total. The predicted molar refractivity (Wildman–Crippen MR) is 111 cm³/mol. The lowest BCUT2D eigenvalue weighted by molar-refractivity contribution is -0.134. The molecule has 0 aliphatic carbocycles. The molecule has 0 saturated carbocycles. The maximum atomic E-state index is 13.7. The van der Waals surface area contributed by atoms with Crippen LogP contribution in [0.5, 0.6) is 0 Å². The second-order valence-corrected chi connectivity index (χ2v) is 7.67. The number of halogens is 1. The van der Waals surface area contributed by atoms with E-state index in [9.17, 15) is 14.0 Å². The van der Waals surface area contributed by atoms with Gasteiger partial charge < -0.3 is 15.5 Å². The normalized spacial score (nSPS) is 14.3. The highest BCUT2D eigenvalue weighted by molar-refractivity contribution is 7.99. The highest BCUT2D eigenvalue weighted by Crippen LogP contribution is 2.38. The smallest absolute Gasteiger partial charge is 0.328 e. The maximum Gasteiger partial charge on any atom is 0.328 e. The monoisotopic (exact) mass is 417 g/mol. The number of aryl methyl sites for hydroxylation is 1. The van der Waals surface area contributed by atoms with Gasteiger partial charge in [-0.15, -0.1) is 0 Å². The van der Waals surface area contributed by atoms with E-state index in [1.165, 1.54) is 20.9 Å². The summed E-state index contributed by atoms with van der Waals surface area (Å²) < 4.78 is 13.7. The molecule has 1 aliphatic heterocycles. The van der Waals surface area contributed by atoms with E-state index >= 15 is 0 Å². The number of piperidine rings is 1. The third-order valence-electron chi connectivity index (χ3n) is 4.43. The number of aliphatic carboxylic acids is 2. The van der Waals surface area contributed by atoms with Crippen molar-refractivity contribution in [3.05, 3.63) is 71.6 Å². The Labute approximate surface area is 173 Å². The van der Waals surface area contributed by atoms with Crippen molar-refractivity contribution >= 4 is 23.7 Å². The van der Waals surface area contributed by atoms with Crippen molar-refractivity contribution in [3.63, 3.8) is 0 Å². The number of carbonyl (C=O) groups is 2. The Morgan fingerprint density at radius 1 is 1.03 bits per heavy atom. The zero-order chi connectivity index (χ0) is 21.2. The van der Waals surface area contributed by atoms with Crippen molar-refractivity contribution < 1.29 is 24.2 Å². The van der Waals surface area contributed by atoms with Crippen LogP contribution < -0.4 is 5.32 Å². The molecule has 0 spiro atoms. The Hall–Kier alpha value is -2.64. The summed E-state index contributed by atoms with van der Waals surface area (Å²) in [7, 11) is 0. The molecule has 0 unspecified atom stereocenters. The van der Waals surface area contributed by atoms with E-state index in [4.69, 9.17) is 10.2 Å². The molecule has 0 amide bonds. The van der Waals surface area contributed by atoms with Crippen molar-refractivity contribution in [3.8, 4) is 0 Å². The molecule has 29 heavy (non-hydrogen) atoms. The van der Waals surface area contributed by atoms with Crippen LogP contribution in [-0.2, 0) is 9.59 Å². The highest BCUT2D eigenvalue weighted by Gasteiger charge is 2.19. The zero-order valence-electron chi connectivity index (χ0n) is 16.1. The standard InChI is InChI=1S/C18H20FNS.C4H4O4/c1-13-4-2-3-5-17(13)21-18-7-6-15(19)12-16(18)14-8-10-20-11-9-14;5-3(6)1-2-4(7)8/h2-7,12,14,20H,8-11H2,1H3;1-2H,(H,5,6)(H,7,8)/b;2-1+. The van der Waals surface area contributed by atoms with Gasteiger partial charge in [-0.05, 0) is 74.2 Å². The Bertz CT molecular complexity index is 863. The molecule has 0 aromatic heterocycles. The molecule has 154 valence electrons. The molecule has 7 heteroatoms. The molecule has 0 bridgehead atoms. The van der Waals surface area contributed by atoms with Crippen molar-refractivity contribution in [1.29, 1.82) is 0 Å². The van der Waals surface area contributed by atoms with Gasteiger partial charge in [-0.25, -0.2) is 14.0 Å². The molecule has 0 radical (unpaired) electrons. The van der Waals surface area contributed by atoms with Crippen LogP contribution in [0.3, 0.4) is 0 Å². The summed E-state index contributed by atoms with van der Waals surface area (Å²) in [6.45, 7) is 4.17. The molecule has 1 heterocycles. The van der Waals surface area contributed by atoms with Crippen LogP contribution in [0.4, 0.5) is 4.39 Å². The van der Waals surface area contributed by atoms with Crippen molar-refractivity contribution in [2.45, 2.75) is 35.5 Å². The van der Waals surface area contributed by atoms with E-state index in [1.807, 2.05) is 6.07 Å². The van der Waals surface area contributed by atoms with Gasteiger partial charge in [-0.1, -0.05) is 30.0 Å². The first-order valence-corrected chi connectivity index (χ1v) is 10.1. The molecular formula is C22H24FNO4S. The fraction of sp³-hybridized carbons (Fsp3) is 0.273. The first-order chi connectivity index (χ1) is 13.9. The van der Waals surface area contributed by atoms with Crippen LogP contribution in [0, 0.1) is 12.7 Å². The summed E-state index contributed by atoms with van der Waals surface area (Å²) >= 11 is 1.76. The number of benzene rings is 2. The first-order valence-electron chi connectivity index (χ1n) is 9.24. The molecule has 1 fully saturated rings. The van der Waals surface area contributed by atoms with Crippen LogP contribution in [0.15, 0.2) is 64.4 Å². The topological polar surface area (TPSA) is 86.6 Å². The Morgan fingerprint density at radius 2 is 1.66 bits per heavy atom. The number of hydrogen-bond donors (Lipinski definition) is 3. The minimum absolute atomic E-state index is 0.127. The largest absolute Gasteiger partial charge is 0.478 e. The lowest BCUT2D eigenvalue weighted by Crippen LogP contribution is -2.26. The quantitative estimate of drug-likeness (QED) is 0.623. The van der Waals surface area contributed by atoms with Gasteiger partial charge in [0.05, 0.1) is 0 Å². The van der Waals surface area contributed by atoms with Gasteiger partial charge >= 0.3 is 11.9 Å². The Morgan fingerprint density at radius 3 is 2.24 bits per heavy atom. The molecule has 5 nitrogen and oxygen atoms in total. The van der Waals surface area contributed by atoms with E-state index in [1.54, 1.807) is 23.9 Å². The van der Waals surface area contributed by atoms with Gasteiger partial charge in [0.25, 0.3) is 0 Å². The van der Waals surface area contributed by atoms with Crippen LogP contribution in [0.25, 0.3) is 0 Å². The second-order valence-electron chi connectivity index (χ2n) is 6.58. The number of nitrogens with one attached hydrogen (secondary N) is 1. The van der Waals surface area contributed by atoms with E-state index in [0.717, 1.165) is 25.9 Å². The highest BCUT2D eigenvalue weighted by atomic mass is 32.2. The lowest BCUT2D eigenvalue weighted by Gasteiger charge is -2.25. The molecule has 2 aromatic rings. The summed E-state index contributed by atoms with van der Waals surface area (Å²) in [6.07, 6.45) is 3.29. The average molecular weight is 418 g/mol. The van der Waals surface area contributed by atoms with Crippen molar-refractivity contribution in [2.24, 2.45) is 0 Å². The molecule has 1 saturated heterocycles. The third kappa shape index (κ3) is 7.71. The average Bonchev–Trinajstić information content (AvgIpc) is 2.70. The third-order valence-corrected chi connectivity index (χ3v) is 5.70. The fourth-order valence-corrected chi connectivity index (χ4v) is 4.09. The fourth-order valence-electron chi connectivity index (χ4n) is 3.00. The predicted octanol–water partition coefficient (Wildman–Crippen LogP) is 4.46. The lowest BCUT2D eigenvalue weighted by atomic mass is 9.90. The first kappa shape index (κ1) is 22.6. The van der Waals surface area contributed by atoms with Crippen LogP contribution in [-0.4, -0.2) is 35.2 Å². The van der Waals surface area contributed by atoms with E-state index in [0.29, 0.717) is 18.1 Å². The Balaban J connectivity index is 0.000000321. The molecule has 1 aliphatic rings. The number of rotatable bonds is 5. The van der Waals surface area contributed by atoms with Gasteiger partial charge in [0.1, 0.15) is 5.82 Å². The second kappa shape index (κ2) is 11.4. The SMILES string of the molecule is Cc1ccccc1Sc1ccc(F)cc1C1CCNCC1.O=C(O)/C=C/C(=O)O. The van der Waals surface area contributed by atoms with Crippen LogP contribution in [0.2, 0.25) is 0 Å². The Kier molecular flexibility index (Phi) is 8.89. The van der Waals surface area contributed by atoms with Gasteiger partial charge in [0.15, 0.2) is 0 Å². The van der Waals surface area contributed by atoms with Crippen molar-refractivity contribution in [2.75, 3.05) is 13.1 Å². The van der Waals surface area contributed by atoms with Gasteiger partial charge in [0.2, 0.25) is 0 Å². The maximum absolute atomic E-state index is 13.7. The molecular weight excluding hydrogens is 393 g/mol. The van der Waals surface area contributed by atoms with Crippen LogP contribution in [0.1, 0.15) is 29.9 Å². The van der Waals surface area contributed by atoms with Gasteiger partial charge in [0, 0.05) is 21.9 Å². The van der Waals surface area contributed by atoms with E-state index in [-0.39, 0.29) is 5.82 Å². The number of carboxylic acid groups (broad SMARTS) is 2. The summed E-state index contributed by atoms with van der Waals surface area (Å²) in [5.41, 5.74) is 2.44. The summed E-state index contributed by atoms with van der Waals surface area (Å²) in [6, 6.07) is 13.6. The van der Waals surface area contributed by atoms with Gasteiger partial charge in [-0.3, -0.25) is 0 Å². The molecule has 2 aromatic carbocycles. The summed E-state index contributed by atoms with van der Waals surface area (Å²) in [4.78, 5) is 21.5.